The van der Waals surface area contributed by atoms with Gasteiger partial charge in [-0.2, -0.15) is 0 Å². The summed E-state index contributed by atoms with van der Waals surface area (Å²) in [7, 11) is 4.07. The third-order valence-corrected chi connectivity index (χ3v) is 4.15. The van der Waals surface area contributed by atoms with Crippen LogP contribution in [0.15, 0.2) is 10.9 Å². The summed E-state index contributed by atoms with van der Waals surface area (Å²) in [5, 5.41) is 0. The molecule has 0 unspecified atom stereocenters. The van der Waals surface area contributed by atoms with Crippen molar-refractivity contribution >= 4 is 0 Å². The smallest absolute Gasteiger partial charge is 0.255 e. The summed E-state index contributed by atoms with van der Waals surface area (Å²) in [5.74, 6) is 0. The van der Waals surface area contributed by atoms with Crippen molar-refractivity contribution in [2.45, 2.75) is 39.4 Å². The molecule has 2 rings (SSSR count). The van der Waals surface area contributed by atoms with E-state index in [9.17, 15) is 4.79 Å². The van der Waals surface area contributed by atoms with Crippen molar-refractivity contribution in [3.05, 3.63) is 33.2 Å². The minimum Gasteiger partial charge on any atom is -0.326 e. The molecule has 0 fully saturated rings. The van der Waals surface area contributed by atoms with Gasteiger partial charge in [0.15, 0.2) is 0 Å². The van der Waals surface area contributed by atoms with E-state index < -0.39 is 0 Å². The summed E-state index contributed by atoms with van der Waals surface area (Å²) in [6.45, 7) is 7.26. The van der Waals surface area contributed by atoms with E-state index in [4.69, 9.17) is 5.73 Å². The van der Waals surface area contributed by atoms with Crippen molar-refractivity contribution in [3.8, 4) is 0 Å². The lowest BCUT2D eigenvalue weighted by molar-refractivity contribution is 0.247. The van der Waals surface area contributed by atoms with Crippen molar-refractivity contribution in [2.24, 2.45) is 5.73 Å². The molecule has 5 heteroatoms. The molecule has 0 saturated carbocycles. The molecule has 0 saturated heterocycles. The number of nitrogens with two attached hydrogens (primary N) is 1. The molecule has 2 heterocycles. The van der Waals surface area contributed by atoms with Gasteiger partial charge in [-0.25, -0.2) is 0 Å². The van der Waals surface area contributed by atoms with Crippen molar-refractivity contribution in [3.63, 3.8) is 0 Å². The average Bonchev–Trinajstić information content (AvgIpc) is 2.46. The number of aromatic nitrogens is 1. The summed E-state index contributed by atoms with van der Waals surface area (Å²) in [5.41, 5.74) is 9.11. The molecule has 5 nitrogen and oxygen atoms in total. The lowest BCUT2D eigenvalue weighted by Crippen LogP contribution is -2.39. The van der Waals surface area contributed by atoms with Gasteiger partial charge in [0.25, 0.3) is 5.56 Å². The molecule has 118 valence electrons. The minimum atomic E-state index is 0.0991. The number of fused-ring (bicyclic) bond motifs is 1. The second-order valence-electron chi connectivity index (χ2n) is 6.13. The molecule has 1 aromatic heterocycles. The highest BCUT2D eigenvalue weighted by atomic mass is 16.1. The van der Waals surface area contributed by atoms with E-state index in [0.29, 0.717) is 6.54 Å². The maximum absolute atomic E-state index is 12.5. The molecule has 0 radical (unpaired) electrons. The molecule has 0 amide bonds. The number of nitrogens with zero attached hydrogens (tertiary/aromatic N) is 3. The van der Waals surface area contributed by atoms with Gasteiger partial charge in [-0.3, -0.25) is 9.69 Å². The lowest BCUT2D eigenvalue weighted by atomic mass is 10.0. The number of pyridine rings is 1. The van der Waals surface area contributed by atoms with Gasteiger partial charge in [0.05, 0.1) is 0 Å². The maximum atomic E-state index is 12.5. The Morgan fingerprint density at radius 2 is 2.10 bits per heavy atom. The Kier molecular flexibility index (Phi) is 5.56. The van der Waals surface area contributed by atoms with E-state index in [0.717, 1.165) is 44.7 Å². The fourth-order valence-electron chi connectivity index (χ4n) is 3.03. The van der Waals surface area contributed by atoms with Crippen LogP contribution in [-0.2, 0) is 26.1 Å². The quantitative estimate of drug-likeness (QED) is 0.836. The molecule has 0 spiro atoms. The van der Waals surface area contributed by atoms with Gasteiger partial charge in [0.2, 0.25) is 0 Å². The summed E-state index contributed by atoms with van der Waals surface area (Å²) in [6.07, 6.45) is 2.13. The zero-order valence-corrected chi connectivity index (χ0v) is 13.6. The van der Waals surface area contributed by atoms with E-state index >= 15 is 0 Å². The average molecular weight is 292 g/mol. The monoisotopic (exact) mass is 292 g/mol. The standard InChI is InChI=1S/C16H28N4O/c1-4-6-19-7-5-15-14(12-19)10-13(11-17)16(21)20(15)9-8-18(2)3/h10H,4-9,11-12,17H2,1-3H3. The highest BCUT2D eigenvalue weighted by Gasteiger charge is 2.21. The molecular formula is C16H28N4O. The van der Waals surface area contributed by atoms with Gasteiger partial charge in [-0.1, -0.05) is 6.92 Å². The first-order chi connectivity index (χ1) is 10.1. The third kappa shape index (κ3) is 3.73. The van der Waals surface area contributed by atoms with Gasteiger partial charge in [-0.15, -0.1) is 0 Å². The van der Waals surface area contributed by atoms with E-state index in [-0.39, 0.29) is 5.56 Å². The zero-order chi connectivity index (χ0) is 15.4. The van der Waals surface area contributed by atoms with Crippen LogP contribution in [-0.4, -0.2) is 48.1 Å². The molecular weight excluding hydrogens is 264 g/mol. The number of likely N-dealkylation sites (N-methyl/N-ethyl adjacent to an activating group) is 1. The Morgan fingerprint density at radius 1 is 1.33 bits per heavy atom. The zero-order valence-electron chi connectivity index (χ0n) is 13.6. The number of rotatable bonds is 6. The second-order valence-corrected chi connectivity index (χ2v) is 6.13. The van der Waals surface area contributed by atoms with Gasteiger partial charge in [0.1, 0.15) is 0 Å². The fourth-order valence-corrected chi connectivity index (χ4v) is 3.03. The summed E-state index contributed by atoms with van der Waals surface area (Å²) in [6, 6.07) is 2.03. The van der Waals surface area contributed by atoms with Crippen molar-refractivity contribution in [1.82, 2.24) is 14.4 Å². The van der Waals surface area contributed by atoms with Gasteiger partial charge >= 0.3 is 0 Å². The van der Waals surface area contributed by atoms with Crippen LogP contribution >= 0.6 is 0 Å². The van der Waals surface area contributed by atoms with E-state index in [1.807, 2.05) is 24.7 Å². The summed E-state index contributed by atoms with van der Waals surface area (Å²) in [4.78, 5) is 17.1. The van der Waals surface area contributed by atoms with Crippen LogP contribution in [0.1, 0.15) is 30.2 Å². The Balaban J connectivity index is 2.35. The maximum Gasteiger partial charge on any atom is 0.255 e. The Hall–Kier alpha value is -1.17. The van der Waals surface area contributed by atoms with Crippen LogP contribution in [0.5, 0.6) is 0 Å². The fraction of sp³-hybridized carbons (Fsp3) is 0.688. The third-order valence-electron chi connectivity index (χ3n) is 4.15. The molecule has 0 aliphatic carbocycles. The van der Waals surface area contributed by atoms with Crippen LogP contribution in [0.25, 0.3) is 0 Å². The van der Waals surface area contributed by atoms with Crippen molar-refractivity contribution in [2.75, 3.05) is 33.7 Å². The highest BCUT2D eigenvalue weighted by molar-refractivity contribution is 5.29. The first-order valence-corrected chi connectivity index (χ1v) is 7.88. The molecule has 0 aromatic carbocycles. The van der Waals surface area contributed by atoms with E-state index in [2.05, 4.69) is 16.7 Å². The Morgan fingerprint density at radius 3 is 2.71 bits per heavy atom. The van der Waals surface area contributed by atoms with Gasteiger partial charge < -0.3 is 15.2 Å². The van der Waals surface area contributed by atoms with Crippen molar-refractivity contribution < 1.29 is 0 Å². The molecule has 21 heavy (non-hydrogen) atoms. The number of hydrogen-bond donors (Lipinski definition) is 1. The Bertz CT molecular complexity index is 536. The van der Waals surface area contributed by atoms with Crippen LogP contribution in [0.3, 0.4) is 0 Å². The van der Waals surface area contributed by atoms with Gasteiger partial charge in [-0.05, 0) is 38.7 Å². The molecule has 1 aliphatic heterocycles. The topological polar surface area (TPSA) is 54.5 Å². The largest absolute Gasteiger partial charge is 0.326 e. The van der Waals surface area contributed by atoms with E-state index in [1.54, 1.807) is 0 Å². The predicted octanol–water partition coefficient (Wildman–Crippen LogP) is 0.637. The van der Waals surface area contributed by atoms with Crippen LogP contribution < -0.4 is 11.3 Å². The highest BCUT2D eigenvalue weighted by Crippen LogP contribution is 2.19. The first-order valence-electron chi connectivity index (χ1n) is 7.88. The molecule has 0 bridgehead atoms. The van der Waals surface area contributed by atoms with E-state index in [1.165, 1.54) is 17.7 Å². The van der Waals surface area contributed by atoms with Crippen molar-refractivity contribution in [1.29, 1.82) is 0 Å². The first kappa shape index (κ1) is 16.2. The summed E-state index contributed by atoms with van der Waals surface area (Å²) >= 11 is 0. The lowest BCUT2D eigenvalue weighted by Gasteiger charge is -2.31. The molecule has 2 N–H and O–H groups in total. The predicted molar refractivity (Wildman–Crippen MR) is 86.4 cm³/mol. The normalized spacial score (nSPS) is 15.5. The minimum absolute atomic E-state index is 0.0991. The Labute approximate surface area is 127 Å². The molecule has 1 aromatic rings. The van der Waals surface area contributed by atoms with Gasteiger partial charge in [0, 0.05) is 50.4 Å². The summed E-state index contributed by atoms with van der Waals surface area (Å²) < 4.78 is 1.96. The number of hydrogen-bond acceptors (Lipinski definition) is 4. The molecule has 0 atom stereocenters. The van der Waals surface area contributed by atoms with Crippen LogP contribution in [0.2, 0.25) is 0 Å². The SMILES string of the molecule is CCCN1CCc2c(cc(CN)c(=O)n2CCN(C)C)C1. The second kappa shape index (κ2) is 7.20. The van der Waals surface area contributed by atoms with Crippen LogP contribution in [0.4, 0.5) is 0 Å². The molecule has 1 aliphatic rings. The van der Waals surface area contributed by atoms with Crippen LogP contribution in [0, 0.1) is 0 Å².